The van der Waals surface area contributed by atoms with Crippen LogP contribution in [0.15, 0.2) is 70.1 Å². The third-order valence-electron chi connectivity index (χ3n) is 6.15. The lowest BCUT2D eigenvalue weighted by Crippen LogP contribution is -2.40. The molecule has 2 heterocycles. The first kappa shape index (κ1) is 27.9. The van der Waals surface area contributed by atoms with Crippen molar-refractivity contribution >= 4 is 23.4 Å². The number of aromatic nitrogens is 1. The Morgan fingerprint density at radius 3 is 2.59 bits per heavy atom. The third kappa shape index (κ3) is 5.68. The van der Waals surface area contributed by atoms with Crippen molar-refractivity contribution in [1.29, 1.82) is 0 Å². The maximum atomic E-state index is 13.9. The van der Waals surface area contributed by atoms with E-state index in [4.69, 9.17) is 14.2 Å². The first-order chi connectivity index (χ1) is 18.7. The zero-order valence-corrected chi connectivity index (χ0v) is 23.5. The van der Waals surface area contributed by atoms with E-state index in [-0.39, 0.29) is 17.4 Å². The Bertz CT molecular complexity index is 1610. The number of ether oxygens (including phenoxy) is 3. The van der Waals surface area contributed by atoms with Crippen LogP contribution in [0.5, 0.6) is 17.2 Å². The number of phenolic OH excluding ortho intramolecular Hbond substituents is 1. The standard InChI is InChI=1S/C30H32N2O6S/c1-7-9-21-14-19(15-23(27(21)33)37-8-2)16-24-28(34)32-26(20-10-12-22(36-6)13-11-20)25(29(35)38-17(3)4)18(5)31-30(32)39-24/h7,10-17,26,33H,1,8-9H2,2-6H3/b24-16+/t26-/m0/s1. The molecule has 0 bridgehead atoms. The Balaban J connectivity index is 1.93. The van der Waals surface area contributed by atoms with E-state index in [1.165, 1.54) is 15.9 Å². The number of thiazole rings is 1. The topological polar surface area (TPSA) is 99.4 Å². The summed E-state index contributed by atoms with van der Waals surface area (Å²) in [5.41, 5.74) is 2.56. The molecule has 39 heavy (non-hydrogen) atoms. The molecule has 0 saturated heterocycles. The molecular weight excluding hydrogens is 516 g/mol. The lowest BCUT2D eigenvalue weighted by Gasteiger charge is -2.25. The summed E-state index contributed by atoms with van der Waals surface area (Å²) in [5, 5.41) is 10.6. The van der Waals surface area contributed by atoms with Crippen LogP contribution in [0.25, 0.3) is 6.08 Å². The Labute approximate surface area is 230 Å². The minimum Gasteiger partial charge on any atom is -0.504 e. The van der Waals surface area contributed by atoms with Gasteiger partial charge in [0.1, 0.15) is 5.75 Å². The monoisotopic (exact) mass is 548 g/mol. The van der Waals surface area contributed by atoms with Crippen molar-refractivity contribution in [3.8, 4) is 17.2 Å². The fourth-order valence-corrected chi connectivity index (χ4v) is 5.51. The van der Waals surface area contributed by atoms with Gasteiger partial charge >= 0.3 is 5.97 Å². The van der Waals surface area contributed by atoms with Gasteiger partial charge in [-0.3, -0.25) is 9.36 Å². The second-order valence-corrected chi connectivity index (χ2v) is 10.3. The molecule has 4 rings (SSSR count). The molecule has 0 unspecified atom stereocenters. The quantitative estimate of drug-likeness (QED) is 0.320. The van der Waals surface area contributed by atoms with Crippen LogP contribution in [0.3, 0.4) is 0 Å². The van der Waals surface area contributed by atoms with Crippen LogP contribution < -0.4 is 24.4 Å². The summed E-state index contributed by atoms with van der Waals surface area (Å²) in [4.78, 5) is 32.2. The smallest absolute Gasteiger partial charge is 0.338 e. The fourth-order valence-electron chi connectivity index (χ4n) is 4.46. The highest BCUT2D eigenvalue weighted by Gasteiger charge is 2.33. The molecule has 1 N–H and O–H groups in total. The predicted molar refractivity (Wildman–Crippen MR) is 151 cm³/mol. The van der Waals surface area contributed by atoms with Crippen molar-refractivity contribution in [2.24, 2.45) is 4.99 Å². The first-order valence-corrected chi connectivity index (χ1v) is 13.5. The number of rotatable bonds is 9. The molecule has 0 radical (unpaired) electrons. The number of benzene rings is 2. The number of fused-ring (bicyclic) bond motifs is 1. The predicted octanol–water partition coefficient (Wildman–Crippen LogP) is 4.03. The van der Waals surface area contributed by atoms with E-state index in [2.05, 4.69) is 11.6 Å². The molecule has 1 atom stereocenters. The Morgan fingerprint density at radius 2 is 1.97 bits per heavy atom. The van der Waals surface area contributed by atoms with E-state index in [0.29, 0.717) is 56.3 Å². The van der Waals surface area contributed by atoms with E-state index in [1.807, 2.05) is 19.1 Å². The van der Waals surface area contributed by atoms with E-state index >= 15 is 0 Å². The molecule has 8 nitrogen and oxygen atoms in total. The van der Waals surface area contributed by atoms with Crippen LogP contribution in [0.4, 0.5) is 0 Å². The summed E-state index contributed by atoms with van der Waals surface area (Å²) in [5.74, 6) is 0.529. The van der Waals surface area contributed by atoms with Crippen molar-refractivity contribution < 1.29 is 24.1 Å². The number of phenols is 1. The molecule has 1 aliphatic heterocycles. The molecule has 0 saturated carbocycles. The van der Waals surface area contributed by atoms with Gasteiger partial charge in [-0.2, -0.15) is 0 Å². The van der Waals surface area contributed by atoms with E-state index in [1.54, 1.807) is 64.3 Å². The summed E-state index contributed by atoms with van der Waals surface area (Å²) in [7, 11) is 1.58. The number of aromatic hydroxyl groups is 1. The molecule has 1 aliphatic rings. The average Bonchev–Trinajstić information content (AvgIpc) is 3.19. The zero-order chi connectivity index (χ0) is 28.3. The lowest BCUT2D eigenvalue weighted by atomic mass is 9.96. The molecule has 0 fully saturated rings. The van der Waals surface area contributed by atoms with Gasteiger partial charge in [-0.25, -0.2) is 9.79 Å². The molecule has 0 amide bonds. The Morgan fingerprint density at radius 1 is 1.26 bits per heavy atom. The van der Waals surface area contributed by atoms with Gasteiger partial charge in [-0.1, -0.05) is 29.5 Å². The molecule has 204 valence electrons. The summed E-state index contributed by atoms with van der Waals surface area (Å²) in [6, 6.07) is 10.0. The van der Waals surface area contributed by atoms with Gasteiger partial charge in [0.2, 0.25) is 0 Å². The number of carbonyl (C=O) groups is 1. The van der Waals surface area contributed by atoms with E-state index in [0.717, 1.165) is 5.56 Å². The van der Waals surface area contributed by atoms with Crippen molar-refractivity contribution in [3.05, 3.63) is 96.7 Å². The Hall–Kier alpha value is -4.11. The van der Waals surface area contributed by atoms with Crippen molar-refractivity contribution in [2.75, 3.05) is 13.7 Å². The largest absolute Gasteiger partial charge is 0.504 e. The van der Waals surface area contributed by atoms with Crippen LogP contribution in [0.2, 0.25) is 0 Å². The van der Waals surface area contributed by atoms with Gasteiger partial charge in [0.25, 0.3) is 5.56 Å². The number of hydrogen-bond acceptors (Lipinski definition) is 8. The van der Waals surface area contributed by atoms with Crippen LogP contribution >= 0.6 is 11.3 Å². The highest BCUT2D eigenvalue weighted by atomic mass is 32.1. The zero-order valence-electron chi connectivity index (χ0n) is 22.7. The van der Waals surface area contributed by atoms with Crippen molar-refractivity contribution in [1.82, 2.24) is 4.57 Å². The van der Waals surface area contributed by atoms with Gasteiger partial charge < -0.3 is 19.3 Å². The molecular formula is C30H32N2O6S. The molecule has 3 aromatic rings. The van der Waals surface area contributed by atoms with Gasteiger partial charge in [0, 0.05) is 5.56 Å². The number of hydrogen-bond donors (Lipinski definition) is 1. The fraction of sp³-hybridized carbons (Fsp3) is 0.300. The minimum absolute atomic E-state index is 0.0544. The van der Waals surface area contributed by atoms with Gasteiger partial charge in [0.15, 0.2) is 16.3 Å². The van der Waals surface area contributed by atoms with Gasteiger partial charge in [-0.15, -0.1) is 6.58 Å². The summed E-state index contributed by atoms with van der Waals surface area (Å²) < 4.78 is 18.4. The number of nitrogens with zero attached hydrogens (tertiary/aromatic N) is 2. The summed E-state index contributed by atoms with van der Waals surface area (Å²) in [6.45, 7) is 11.3. The van der Waals surface area contributed by atoms with Crippen LogP contribution in [-0.4, -0.2) is 35.5 Å². The highest BCUT2D eigenvalue weighted by molar-refractivity contribution is 7.07. The van der Waals surface area contributed by atoms with Crippen LogP contribution in [0.1, 0.15) is 50.4 Å². The van der Waals surface area contributed by atoms with Gasteiger partial charge in [0.05, 0.1) is 41.7 Å². The lowest BCUT2D eigenvalue weighted by molar-refractivity contribution is -0.143. The molecule has 9 heteroatoms. The number of methoxy groups -OCH3 is 1. The second kappa shape index (κ2) is 11.7. The SMILES string of the molecule is C=CCc1cc(/C=c2/sc3n(c2=O)[C@@H](c2ccc(OC)cc2)C(C(=O)OC(C)C)=C(C)N=3)cc(OCC)c1O. The van der Waals surface area contributed by atoms with Crippen LogP contribution in [0, 0.1) is 0 Å². The maximum absolute atomic E-state index is 13.9. The summed E-state index contributed by atoms with van der Waals surface area (Å²) in [6.07, 6.45) is 3.54. The van der Waals surface area contributed by atoms with Gasteiger partial charge in [-0.05, 0) is 75.6 Å². The first-order valence-electron chi connectivity index (χ1n) is 12.7. The second-order valence-electron chi connectivity index (χ2n) is 9.26. The van der Waals surface area contributed by atoms with Crippen molar-refractivity contribution in [2.45, 2.75) is 46.3 Å². The molecule has 0 aliphatic carbocycles. The number of carbonyl (C=O) groups excluding carboxylic acids is 1. The van der Waals surface area contributed by atoms with E-state index in [9.17, 15) is 14.7 Å². The van der Waals surface area contributed by atoms with E-state index < -0.39 is 12.0 Å². The minimum atomic E-state index is -0.726. The molecule has 0 spiro atoms. The Kier molecular flexibility index (Phi) is 8.40. The number of esters is 1. The highest BCUT2D eigenvalue weighted by Crippen LogP contribution is 2.33. The summed E-state index contributed by atoms with van der Waals surface area (Å²) >= 11 is 1.23. The number of allylic oxidation sites excluding steroid dienone is 2. The van der Waals surface area contributed by atoms with Crippen molar-refractivity contribution in [3.63, 3.8) is 0 Å². The third-order valence-corrected chi connectivity index (χ3v) is 7.14. The normalized spacial score (nSPS) is 15.1. The average molecular weight is 549 g/mol. The molecule has 1 aromatic heterocycles. The molecule has 2 aromatic carbocycles. The van der Waals surface area contributed by atoms with Crippen LogP contribution in [-0.2, 0) is 16.0 Å². The maximum Gasteiger partial charge on any atom is 0.338 e.